The van der Waals surface area contributed by atoms with E-state index in [2.05, 4.69) is 5.32 Å². The van der Waals surface area contributed by atoms with Gasteiger partial charge in [0.05, 0.1) is 10.7 Å². The molecule has 0 aliphatic rings. The first kappa shape index (κ1) is 14.9. The standard InChI is InChI=1S/C10H13ClN2O4S/c1-18(16,17)5-4-12-7-8-6-9(11)2-3-10(8)13(14)15/h2-3,6,12H,4-5,7H2,1H3. The highest BCUT2D eigenvalue weighted by molar-refractivity contribution is 7.90. The lowest BCUT2D eigenvalue weighted by molar-refractivity contribution is -0.385. The quantitative estimate of drug-likeness (QED) is 0.486. The number of nitro groups is 1. The molecular formula is C10H13ClN2O4S. The zero-order chi connectivity index (χ0) is 13.8. The SMILES string of the molecule is CS(=O)(=O)CCNCc1cc(Cl)ccc1[N+](=O)[O-]. The predicted octanol–water partition coefficient (Wildman–Crippen LogP) is 1.38. The third-order valence-corrected chi connectivity index (χ3v) is 3.38. The molecule has 1 aromatic rings. The van der Waals surface area contributed by atoms with Crippen LogP contribution in [-0.4, -0.2) is 31.9 Å². The normalized spacial score (nSPS) is 11.4. The molecular weight excluding hydrogens is 280 g/mol. The van der Waals surface area contributed by atoms with Gasteiger partial charge in [0.2, 0.25) is 0 Å². The molecule has 1 aromatic carbocycles. The Balaban J connectivity index is 2.66. The van der Waals surface area contributed by atoms with Gasteiger partial charge in [0.15, 0.2) is 0 Å². The van der Waals surface area contributed by atoms with Crippen molar-refractivity contribution in [3.05, 3.63) is 38.9 Å². The number of rotatable bonds is 6. The first-order valence-corrected chi connectivity index (χ1v) is 7.55. The van der Waals surface area contributed by atoms with Crippen LogP contribution in [0.2, 0.25) is 5.02 Å². The van der Waals surface area contributed by atoms with Crippen molar-refractivity contribution in [3.63, 3.8) is 0 Å². The van der Waals surface area contributed by atoms with Gasteiger partial charge in [-0.1, -0.05) is 11.6 Å². The molecule has 18 heavy (non-hydrogen) atoms. The summed E-state index contributed by atoms with van der Waals surface area (Å²) >= 11 is 5.76. The van der Waals surface area contributed by atoms with Crippen LogP contribution in [-0.2, 0) is 16.4 Å². The molecule has 1 N–H and O–H groups in total. The molecule has 6 nitrogen and oxygen atoms in total. The first-order chi connectivity index (χ1) is 8.29. The van der Waals surface area contributed by atoms with Gasteiger partial charge in [-0.05, 0) is 12.1 Å². The zero-order valence-corrected chi connectivity index (χ0v) is 11.3. The second-order valence-electron chi connectivity index (χ2n) is 3.84. The Morgan fingerprint density at radius 1 is 1.44 bits per heavy atom. The van der Waals surface area contributed by atoms with E-state index in [0.29, 0.717) is 10.6 Å². The minimum absolute atomic E-state index is 0.0125. The number of halogens is 1. The summed E-state index contributed by atoms with van der Waals surface area (Å²) < 4.78 is 21.8. The van der Waals surface area contributed by atoms with Crippen molar-refractivity contribution >= 4 is 27.1 Å². The van der Waals surface area contributed by atoms with Gasteiger partial charge < -0.3 is 5.32 Å². The van der Waals surface area contributed by atoms with E-state index in [0.717, 1.165) is 6.26 Å². The highest BCUT2D eigenvalue weighted by atomic mass is 35.5. The van der Waals surface area contributed by atoms with Crippen LogP contribution < -0.4 is 5.32 Å². The number of nitro benzene ring substituents is 1. The Morgan fingerprint density at radius 3 is 2.67 bits per heavy atom. The summed E-state index contributed by atoms with van der Waals surface area (Å²) in [4.78, 5) is 10.3. The van der Waals surface area contributed by atoms with Crippen molar-refractivity contribution in [2.45, 2.75) is 6.54 Å². The van der Waals surface area contributed by atoms with Gasteiger partial charge in [0, 0.05) is 36.0 Å². The molecule has 0 saturated carbocycles. The van der Waals surface area contributed by atoms with E-state index in [1.807, 2.05) is 0 Å². The van der Waals surface area contributed by atoms with Gasteiger partial charge in [-0.2, -0.15) is 0 Å². The van der Waals surface area contributed by atoms with Crippen molar-refractivity contribution in [1.29, 1.82) is 0 Å². The van der Waals surface area contributed by atoms with Crippen molar-refractivity contribution in [2.24, 2.45) is 0 Å². The number of nitrogens with zero attached hydrogens (tertiary/aromatic N) is 1. The molecule has 0 atom stereocenters. The molecule has 0 aromatic heterocycles. The molecule has 0 bridgehead atoms. The Bertz CT molecular complexity index is 545. The molecule has 8 heteroatoms. The van der Waals surface area contributed by atoms with E-state index < -0.39 is 14.8 Å². The van der Waals surface area contributed by atoms with E-state index in [9.17, 15) is 18.5 Å². The lowest BCUT2D eigenvalue weighted by atomic mass is 10.2. The summed E-state index contributed by atoms with van der Waals surface area (Å²) in [7, 11) is -3.04. The van der Waals surface area contributed by atoms with Crippen molar-refractivity contribution in [2.75, 3.05) is 18.6 Å². The summed E-state index contributed by atoms with van der Waals surface area (Å²) in [6, 6.07) is 4.27. The Hall–Kier alpha value is -1.18. The van der Waals surface area contributed by atoms with Crippen LogP contribution in [0.3, 0.4) is 0 Å². The van der Waals surface area contributed by atoms with Crippen LogP contribution in [0.25, 0.3) is 0 Å². The van der Waals surface area contributed by atoms with Gasteiger partial charge in [0.1, 0.15) is 9.84 Å². The lowest BCUT2D eigenvalue weighted by Crippen LogP contribution is -2.22. The molecule has 0 aliphatic heterocycles. The van der Waals surface area contributed by atoms with Crippen molar-refractivity contribution in [3.8, 4) is 0 Å². The minimum Gasteiger partial charge on any atom is -0.311 e. The Morgan fingerprint density at radius 2 is 2.11 bits per heavy atom. The smallest absolute Gasteiger partial charge is 0.273 e. The van der Waals surface area contributed by atoms with Crippen molar-refractivity contribution < 1.29 is 13.3 Å². The van der Waals surface area contributed by atoms with Crippen LogP contribution in [0.4, 0.5) is 5.69 Å². The summed E-state index contributed by atoms with van der Waals surface area (Å²) in [6.07, 6.45) is 1.14. The molecule has 1 rings (SSSR count). The van der Waals surface area contributed by atoms with Gasteiger partial charge in [-0.25, -0.2) is 8.42 Å². The average Bonchev–Trinajstić information content (AvgIpc) is 2.22. The van der Waals surface area contributed by atoms with Crippen LogP contribution in [0.1, 0.15) is 5.56 Å². The van der Waals surface area contributed by atoms with Gasteiger partial charge in [-0.15, -0.1) is 0 Å². The van der Waals surface area contributed by atoms with E-state index >= 15 is 0 Å². The molecule has 0 saturated heterocycles. The number of hydrogen-bond donors (Lipinski definition) is 1. The Kier molecular flexibility index (Phi) is 5.06. The van der Waals surface area contributed by atoms with Crippen LogP contribution in [0.15, 0.2) is 18.2 Å². The second kappa shape index (κ2) is 6.12. The molecule has 0 fully saturated rings. The number of sulfone groups is 1. The monoisotopic (exact) mass is 292 g/mol. The maximum atomic E-state index is 10.9. The Labute approximate surface area is 110 Å². The van der Waals surface area contributed by atoms with Crippen LogP contribution in [0, 0.1) is 10.1 Å². The third-order valence-electron chi connectivity index (χ3n) is 2.20. The fourth-order valence-electron chi connectivity index (χ4n) is 1.35. The maximum absolute atomic E-state index is 10.9. The third kappa shape index (κ3) is 4.99. The van der Waals surface area contributed by atoms with E-state index in [-0.39, 0.29) is 24.5 Å². The van der Waals surface area contributed by atoms with Crippen molar-refractivity contribution in [1.82, 2.24) is 5.32 Å². The highest BCUT2D eigenvalue weighted by Crippen LogP contribution is 2.22. The maximum Gasteiger partial charge on any atom is 0.273 e. The first-order valence-electron chi connectivity index (χ1n) is 5.11. The summed E-state index contributed by atoms with van der Waals surface area (Å²) in [5.74, 6) is -0.0125. The molecule has 0 radical (unpaired) electrons. The lowest BCUT2D eigenvalue weighted by Gasteiger charge is -2.05. The van der Waals surface area contributed by atoms with Crippen LogP contribution in [0.5, 0.6) is 0 Å². The second-order valence-corrected chi connectivity index (χ2v) is 6.53. The molecule has 0 aliphatic carbocycles. The summed E-state index contributed by atoms with van der Waals surface area (Å²) in [5, 5.41) is 14.0. The molecule has 0 amide bonds. The molecule has 100 valence electrons. The van der Waals surface area contributed by atoms with Gasteiger partial charge >= 0.3 is 0 Å². The highest BCUT2D eigenvalue weighted by Gasteiger charge is 2.13. The largest absolute Gasteiger partial charge is 0.311 e. The summed E-state index contributed by atoms with van der Waals surface area (Å²) in [5.41, 5.74) is 0.396. The fourth-order valence-corrected chi connectivity index (χ4v) is 2.06. The average molecular weight is 293 g/mol. The summed E-state index contributed by atoms with van der Waals surface area (Å²) in [6.45, 7) is 0.439. The number of hydrogen-bond acceptors (Lipinski definition) is 5. The fraction of sp³-hybridized carbons (Fsp3) is 0.400. The number of nitrogens with one attached hydrogen (secondary N) is 1. The van der Waals surface area contributed by atoms with E-state index in [1.54, 1.807) is 0 Å². The minimum atomic E-state index is -3.04. The molecule has 0 unspecified atom stereocenters. The topological polar surface area (TPSA) is 89.3 Å². The zero-order valence-electron chi connectivity index (χ0n) is 9.72. The molecule has 0 spiro atoms. The predicted molar refractivity (Wildman–Crippen MR) is 69.5 cm³/mol. The number of benzene rings is 1. The van der Waals surface area contributed by atoms with Gasteiger partial charge in [0.25, 0.3) is 5.69 Å². The van der Waals surface area contributed by atoms with E-state index in [1.165, 1.54) is 18.2 Å². The van der Waals surface area contributed by atoms with Gasteiger partial charge in [-0.3, -0.25) is 10.1 Å². The molecule has 0 heterocycles. The van der Waals surface area contributed by atoms with Crippen LogP contribution >= 0.6 is 11.6 Å². The van der Waals surface area contributed by atoms with E-state index in [4.69, 9.17) is 11.6 Å².